The summed E-state index contributed by atoms with van der Waals surface area (Å²) in [5, 5.41) is 4.97. The third kappa shape index (κ3) is 3.46. The number of hydrogen-bond acceptors (Lipinski definition) is 5. The van der Waals surface area contributed by atoms with Gasteiger partial charge in [-0.2, -0.15) is 5.10 Å². The van der Waals surface area contributed by atoms with E-state index in [0.717, 1.165) is 5.39 Å². The SMILES string of the molecule is Cc1c(C(=O)NNC(=O)c2nn(-c3ccccc3)c(C)cc2=O)oc2ccccc12. The molecule has 2 aromatic carbocycles. The van der Waals surface area contributed by atoms with Crippen molar-refractivity contribution in [3.63, 3.8) is 0 Å². The van der Waals surface area contributed by atoms with Crippen molar-refractivity contribution < 1.29 is 14.0 Å². The molecule has 2 heterocycles. The Balaban J connectivity index is 1.56. The second kappa shape index (κ2) is 7.67. The molecule has 30 heavy (non-hydrogen) atoms. The second-order valence-electron chi connectivity index (χ2n) is 6.71. The van der Waals surface area contributed by atoms with Gasteiger partial charge >= 0.3 is 5.91 Å². The first kappa shape index (κ1) is 19.1. The molecule has 0 bridgehead atoms. The molecular weight excluding hydrogens is 384 g/mol. The minimum Gasteiger partial charge on any atom is -0.451 e. The molecule has 0 atom stereocenters. The van der Waals surface area contributed by atoms with Gasteiger partial charge in [0.1, 0.15) is 5.58 Å². The van der Waals surface area contributed by atoms with Crippen LogP contribution >= 0.6 is 0 Å². The first-order valence-electron chi connectivity index (χ1n) is 9.21. The maximum absolute atomic E-state index is 12.5. The van der Waals surface area contributed by atoms with Gasteiger partial charge in [0.2, 0.25) is 5.43 Å². The van der Waals surface area contributed by atoms with E-state index in [1.807, 2.05) is 30.3 Å². The molecule has 2 amide bonds. The first-order chi connectivity index (χ1) is 14.5. The van der Waals surface area contributed by atoms with E-state index >= 15 is 0 Å². The lowest BCUT2D eigenvalue weighted by molar-refractivity contribution is 0.0827. The lowest BCUT2D eigenvalue weighted by atomic mass is 10.1. The number of nitrogens with one attached hydrogen (secondary N) is 2. The summed E-state index contributed by atoms with van der Waals surface area (Å²) in [6, 6.07) is 17.7. The van der Waals surface area contributed by atoms with Crippen LogP contribution in [0.3, 0.4) is 0 Å². The van der Waals surface area contributed by atoms with E-state index in [4.69, 9.17) is 4.42 Å². The van der Waals surface area contributed by atoms with Gasteiger partial charge in [0.15, 0.2) is 11.5 Å². The number of carbonyl (C=O) groups excluding carboxylic acids is 2. The predicted octanol–water partition coefficient (Wildman–Crippen LogP) is 2.67. The molecule has 0 fully saturated rings. The Morgan fingerprint density at radius 3 is 2.33 bits per heavy atom. The lowest BCUT2D eigenvalue weighted by Gasteiger charge is -2.11. The van der Waals surface area contributed by atoms with Crippen molar-refractivity contribution in [1.29, 1.82) is 0 Å². The first-order valence-corrected chi connectivity index (χ1v) is 9.21. The number of aryl methyl sites for hydroxylation is 2. The number of aromatic nitrogens is 2. The van der Waals surface area contributed by atoms with Crippen LogP contribution in [0.25, 0.3) is 16.7 Å². The van der Waals surface area contributed by atoms with Crippen molar-refractivity contribution in [1.82, 2.24) is 20.6 Å². The highest BCUT2D eigenvalue weighted by atomic mass is 16.3. The molecule has 2 N–H and O–H groups in total. The quantitative estimate of drug-likeness (QED) is 0.513. The number of nitrogens with zero attached hydrogens (tertiary/aromatic N) is 2. The monoisotopic (exact) mass is 402 g/mol. The molecule has 8 nitrogen and oxygen atoms in total. The summed E-state index contributed by atoms with van der Waals surface area (Å²) in [5.41, 5.74) is 6.11. The zero-order valence-electron chi connectivity index (χ0n) is 16.3. The van der Waals surface area contributed by atoms with Crippen LogP contribution in [0.5, 0.6) is 0 Å². The fourth-order valence-electron chi connectivity index (χ4n) is 3.16. The van der Waals surface area contributed by atoms with E-state index < -0.39 is 17.2 Å². The van der Waals surface area contributed by atoms with Gasteiger partial charge in [-0.25, -0.2) is 4.68 Å². The molecule has 0 saturated carbocycles. The van der Waals surface area contributed by atoms with Gasteiger partial charge in [-0.15, -0.1) is 0 Å². The fraction of sp³-hybridized carbons (Fsp3) is 0.0909. The number of fused-ring (bicyclic) bond motifs is 1. The highest BCUT2D eigenvalue weighted by Crippen LogP contribution is 2.24. The summed E-state index contributed by atoms with van der Waals surface area (Å²) in [6.07, 6.45) is 0. The Hall–Kier alpha value is -4.20. The summed E-state index contributed by atoms with van der Waals surface area (Å²) in [4.78, 5) is 37.3. The molecule has 0 unspecified atom stereocenters. The molecule has 0 radical (unpaired) electrons. The van der Waals surface area contributed by atoms with E-state index in [-0.39, 0.29) is 11.5 Å². The van der Waals surface area contributed by atoms with Crippen LogP contribution in [-0.2, 0) is 0 Å². The Kier molecular flexibility index (Phi) is 4.89. The maximum Gasteiger partial charge on any atom is 0.305 e. The molecule has 0 aliphatic rings. The Morgan fingerprint density at radius 1 is 0.933 bits per heavy atom. The van der Waals surface area contributed by atoms with Crippen molar-refractivity contribution >= 4 is 22.8 Å². The van der Waals surface area contributed by atoms with Crippen molar-refractivity contribution in [3.05, 3.63) is 93.6 Å². The number of amides is 2. The summed E-state index contributed by atoms with van der Waals surface area (Å²) < 4.78 is 7.06. The zero-order chi connectivity index (χ0) is 21.3. The predicted molar refractivity (Wildman–Crippen MR) is 110 cm³/mol. The third-order valence-corrected chi connectivity index (χ3v) is 4.66. The van der Waals surface area contributed by atoms with Gasteiger partial charge in [0.25, 0.3) is 5.91 Å². The van der Waals surface area contributed by atoms with E-state index in [2.05, 4.69) is 16.0 Å². The summed E-state index contributed by atoms with van der Waals surface area (Å²) in [5.74, 6) is -1.38. The number of benzene rings is 2. The summed E-state index contributed by atoms with van der Waals surface area (Å²) in [7, 11) is 0. The molecule has 0 spiro atoms. The summed E-state index contributed by atoms with van der Waals surface area (Å²) in [6.45, 7) is 3.47. The normalized spacial score (nSPS) is 10.7. The van der Waals surface area contributed by atoms with E-state index in [0.29, 0.717) is 22.5 Å². The number of furan rings is 1. The van der Waals surface area contributed by atoms with Gasteiger partial charge < -0.3 is 4.42 Å². The van der Waals surface area contributed by atoms with Crippen molar-refractivity contribution in [2.45, 2.75) is 13.8 Å². The number of carbonyl (C=O) groups is 2. The summed E-state index contributed by atoms with van der Waals surface area (Å²) >= 11 is 0. The van der Waals surface area contributed by atoms with Crippen LogP contribution in [-0.4, -0.2) is 21.6 Å². The average Bonchev–Trinajstić information content (AvgIpc) is 3.09. The van der Waals surface area contributed by atoms with E-state index in [1.54, 1.807) is 38.1 Å². The standard InChI is InChI=1S/C22H18N4O4/c1-13-12-17(27)19(25-26(13)15-8-4-3-5-9-15)21(28)23-24-22(29)20-14(2)16-10-6-7-11-18(16)30-20/h3-12H,1-2H3,(H,23,28)(H,24,29). The highest BCUT2D eigenvalue weighted by molar-refractivity contribution is 6.00. The van der Waals surface area contributed by atoms with Gasteiger partial charge in [0, 0.05) is 22.7 Å². The number of hydrogen-bond donors (Lipinski definition) is 2. The fourth-order valence-corrected chi connectivity index (χ4v) is 3.16. The number of hydrazine groups is 1. The topological polar surface area (TPSA) is 106 Å². The smallest absolute Gasteiger partial charge is 0.305 e. The molecule has 8 heteroatoms. The maximum atomic E-state index is 12.5. The van der Waals surface area contributed by atoms with Crippen molar-refractivity contribution in [2.24, 2.45) is 0 Å². The molecule has 150 valence electrons. The third-order valence-electron chi connectivity index (χ3n) is 4.66. The van der Waals surface area contributed by atoms with E-state index in [1.165, 1.54) is 10.7 Å². The Morgan fingerprint density at radius 2 is 1.60 bits per heavy atom. The van der Waals surface area contributed by atoms with E-state index in [9.17, 15) is 14.4 Å². The minimum absolute atomic E-state index is 0.0788. The minimum atomic E-state index is -0.827. The van der Waals surface area contributed by atoms with Crippen LogP contribution in [0.4, 0.5) is 0 Å². The molecule has 0 saturated heterocycles. The van der Waals surface area contributed by atoms with Crippen molar-refractivity contribution in [2.75, 3.05) is 0 Å². The van der Waals surface area contributed by atoms with Gasteiger partial charge in [-0.3, -0.25) is 25.2 Å². The van der Waals surface area contributed by atoms with Crippen LogP contribution in [0.15, 0.2) is 69.9 Å². The van der Waals surface area contributed by atoms with Gasteiger partial charge in [0.05, 0.1) is 5.69 Å². The number of rotatable bonds is 3. The molecule has 4 rings (SSSR count). The molecule has 0 aliphatic heterocycles. The van der Waals surface area contributed by atoms with Crippen LogP contribution in [0.1, 0.15) is 32.3 Å². The van der Waals surface area contributed by atoms with Crippen LogP contribution in [0.2, 0.25) is 0 Å². The molecule has 4 aromatic rings. The Labute approximate surface area is 171 Å². The Bertz CT molecular complexity index is 1320. The second-order valence-corrected chi connectivity index (χ2v) is 6.71. The number of para-hydroxylation sites is 2. The molecule has 2 aromatic heterocycles. The average molecular weight is 402 g/mol. The molecule has 0 aliphatic carbocycles. The van der Waals surface area contributed by atoms with Crippen LogP contribution in [0, 0.1) is 13.8 Å². The lowest BCUT2D eigenvalue weighted by Crippen LogP contribution is -2.44. The zero-order valence-corrected chi connectivity index (χ0v) is 16.3. The van der Waals surface area contributed by atoms with Gasteiger partial charge in [-0.05, 0) is 32.0 Å². The largest absolute Gasteiger partial charge is 0.451 e. The molecular formula is C22H18N4O4. The van der Waals surface area contributed by atoms with Crippen LogP contribution < -0.4 is 16.3 Å². The van der Waals surface area contributed by atoms with Gasteiger partial charge in [-0.1, -0.05) is 36.4 Å². The van der Waals surface area contributed by atoms with Crippen molar-refractivity contribution in [3.8, 4) is 5.69 Å². The highest BCUT2D eigenvalue weighted by Gasteiger charge is 2.20.